The van der Waals surface area contributed by atoms with Crippen LogP contribution in [0.15, 0.2) is 29.8 Å². The Morgan fingerprint density at radius 1 is 1.35 bits per heavy atom. The average molecular weight is 312 g/mol. The maximum atomic E-state index is 12.3. The first-order valence-corrected chi connectivity index (χ1v) is 6.93. The molecule has 2 aromatic rings. The lowest BCUT2D eigenvalue weighted by Gasteiger charge is -2.16. The van der Waals surface area contributed by atoms with Gasteiger partial charge in [0, 0.05) is 24.0 Å². The summed E-state index contributed by atoms with van der Waals surface area (Å²) < 4.78 is 0. The largest absolute Gasteiger partial charge is 0.336 e. The van der Waals surface area contributed by atoms with E-state index in [0.717, 1.165) is 16.1 Å². The first-order chi connectivity index (χ1) is 9.11. The Morgan fingerprint density at radius 3 is 2.50 bits per heavy atom. The summed E-state index contributed by atoms with van der Waals surface area (Å²) in [6, 6.07) is 7.42. The van der Waals surface area contributed by atoms with E-state index in [0.29, 0.717) is 18.7 Å². The summed E-state index contributed by atoms with van der Waals surface area (Å²) in [4.78, 5) is 19.3. The molecule has 0 spiro atoms. The highest BCUT2D eigenvalue weighted by Crippen LogP contribution is 2.16. The summed E-state index contributed by atoms with van der Waals surface area (Å²) in [7, 11) is 1.80. The summed E-state index contributed by atoms with van der Waals surface area (Å²) in [5.74, 6) is 0.0105. The number of carbonyl (C=O) groups excluding carboxylic acids is 1. The number of carbonyl (C=O) groups is 1. The minimum atomic E-state index is 0. The predicted octanol–water partition coefficient (Wildman–Crippen LogP) is 2.60. The van der Waals surface area contributed by atoms with E-state index in [2.05, 4.69) is 4.98 Å². The van der Waals surface area contributed by atoms with Crippen molar-refractivity contribution in [2.24, 2.45) is 5.73 Å². The third-order valence-electron chi connectivity index (χ3n) is 3.01. The molecule has 0 saturated heterocycles. The van der Waals surface area contributed by atoms with Crippen LogP contribution in [0.5, 0.6) is 0 Å². The molecule has 0 aliphatic carbocycles. The van der Waals surface area contributed by atoms with Crippen molar-refractivity contribution in [1.29, 1.82) is 0 Å². The van der Waals surface area contributed by atoms with Crippen LogP contribution in [0.1, 0.15) is 26.5 Å². The van der Waals surface area contributed by atoms with Gasteiger partial charge in [-0.25, -0.2) is 4.98 Å². The Kier molecular flexibility index (Phi) is 6.13. The van der Waals surface area contributed by atoms with E-state index in [9.17, 15) is 4.79 Å². The number of hydrogen-bond acceptors (Lipinski definition) is 4. The van der Waals surface area contributed by atoms with Gasteiger partial charge in [0.2, 0.25) is 0 Å². The molecule has 0 fully saturated rings. The van der Waals surface area contributed by atoms with Gasteiger partial charge in [-0.2, -0.15) is 0 Å². The van der Waals surface area contributed by atoms with Crippen LogP contribution in [0.25, 0.3) is 0 Å². The van der Waals surface area contributed by atoms with Gasteiger partial charge in [-0.3, -0.25) is 4.79 Å². The molecule has 0 unspecified atom stereocenters. The highest BCUT2D eigenvalue weighted by atomic mass is 35.5. The molecule has 1 aromatic heterocycles. The number of hydrogen-bond donors (Lipinski definition) is 1. The van der Waals surface area contributed by atoms with Crippen LogP contribution in [-0.4, -0.2) is 22.8 Å². The number of halogens is 1. The normalized spacial score (nSPS) is 9.95. The summed E-state index contributed by atoms with van der Waals surface area (Å²) in [6.07, 6.45) is 0. The number of nitrogens with two attached hydrogens (primary N) is 1. The number of aromatic nitrogens is 1. The van der Waals surface area contributed by atoms with Crippen molar-refractivity contribution in [3.8, 4) is 0 Å². The molecular weight excluding hydrogens is 294 g/mol. The molecule has 1 amide bonds. The van der Waals surface area contributed by atoms with E-state index in [1.165, 1.54) is 0 Å². The fourth-order valence-corrected chi connectivity index (χ4v) is 2.60. The van der Waals surface area contributed by atoms with Crippen LogP contribution < -0.4 is 5.73 Å². The summed E-state index contributed by atoms with van der Waals surface area (Å²) in [6.45, 7) is 3.04. The standard InChI is InChI=1S/C14H17N3OS.ClH/c1-10-13(19-9-16-10)8-17(2)14(18)12-5-3-11(7-15)4-6-12;/h3-6,9H,7-8,15H2,1-2H3;1H. The SMILES string of the molecule is Cc1ncsc1CN(C)C(=O)c1ccc(CN)cc1.Cl. The molecular formula is C14H18ClN3OS. The van der Waals surface area contributed by atoms with Gasteiger partial charge in [0.25, 0.3) is 5.91 Å². The van der Waals surface area contributed by atoms with Crippen LogP contribution in [0.3, 0.4) is 0 Å². The van der Waals surface area contributed by atoms with Gasteiger partial charge >= 0.3 is 0 Å². The second-order valence-corrected chi connectivity index (χ2v) is 5.36. The quantitative estimate of drug-likeness (QED) is 0.944. The molecule has 6 heteroatoms. The zero-order chi connectivity index (χ0) is 13.8. The van der Waals surface area contributed by atoms with Crippen molar-refractivity contribution in [2.75, 3.05) is 7.05 Å². The van der Waals surface area contributed by atoms with Crippen molar-refractivity contribution in [1.82, 2.24) is 9.88 Å². The molecule has 0 aliphatic rings. The molecule has 108 valence electrons. The van der Waals surface area contributed by atoms with Crippen LogP contribution in [0.2, 0.25) is 0 Å². The lowest BCUT2D eigenvalue weighted by Crippen LogP contribution is -2.26. The number of amides is 1. The smallest absolute Gasteiger partial charge is 0.253 e. The number of nitrogens with zero attached hydrogens (tertiary/aromatic N) is 2. The van der Waals surface area contributed by atoms with E-state index < -0.39 is 0 Å². The third-order valence-corrected chi connectivity index (χ3v) is 3.93. The Labute approximate surface area is 129 Å². The van der Waals surface area contributed by atoms with E-state index >= 15 is 0 Å². The van der Waals surface area contributed by atoms with Gasteiger partial charge in [-0.05, 0) is 24.6 Å². The van der Waals surface area contributed by atoms with Crippen LogP contribution in [0.4, 0.5) is 0 Å². The molecule has 1 aromatic carbocycles. The zero-order valence-corrected chi connectivity index (χ0v) is 13.1. The van der Waals surface area contributed by atoms with E-state index in [1.54, 1.807) is 28.8 Å². The topological polar surface area (TPSA) is 59.2 Å². The van der Waals surface area contributed by atoms with Gasteiger partial charge in [0.15, 0.2) is 0 Å². The highest BCUT2D eigenvalue weighted by Gasteiger charge is 2.13. The number of aryl methyl sites for hydroxylation is 1. The lowest BCUT2D eigenvalue weighted by atomic mass is 10.1. The molecule has 1 heterocycles. The Balaban J connectivity index is 0.00000200. The predicted molar refractivity (Wildman–Crippen MR) is 84.2 cm³/mol. The third kappa shape index (κ3) is 3.79. The monoisotopic (exact) mass is 311 g/mol. The van der Waals surface area contributed by atoms with Crippen LogP contribution in [-0.2, 0) is 13.1 Å². The average Bonchev–Trinajstić information content (AvgIpc) is 2.83. The van der Waals surface area contributed by atoms with Crippen LogP contribution in [0, 0.1) is 6.92 Å². The summed E-state index contributed by atoms with van der Waals surface area (Å²) in [5, 5.41) is 0. The summed E-state index contributed by atoms with van der Waals surface area (Å²) in [5.41, 5.74) is 10.0. The number of rotatable bonds is 4. The van der Waals surface area contributed by atoms with Crippen molar-refractivity contribution in [2.45, 2.75) is 20.0 Å². The lowest BCUT2D eigenvalue weighted by molar-refractivity contribution is 0.0786. The molecule has 4 nitrogen and oxygen atoms in total. The Morgan fingerprint density at radius 2 is 2.00 bits per heavy atom. The zero-order valence-electron chi connectivity index (χ0n) is 11.5. The second kappa shape index (κ2) is 7.38. The highest BCUT2D eigenvalue weighted by molar-refractivity contribution is 7.09. The minimum absolute atomic E-state index is 0. The second-order valence-electron chi connectivity index (χ2n) is 4.42. The van der Waals surface area contributed by atoms with Gasteiger partial charge in [-0.15, -0.1) is 23.7 Å². The first kappa shape index (κ1) is 16.6. The maximum absolute atomic E-state index is 12.3. The molecule has 2 N–H and O–H groups in total. The summed E-state index contributed by atoms with van der Waals surface area (Å²) >= 11 is 1.58. The molecule has 0 aliphatic heterocycles. The van der Waals surface area contributed by atoms with E-state index in [4.69, 9.17) is 5.73 Å². The van der Waals surface area contributed by atoms with Crippen LogP contribution >= 0.6 is 23.7 Å². The van der Waals surface area contributed by atoms with E-state index in [1.807, 2.05) is 31.2 Å². The Hall–Kier alpha value is -1.43. The molecule has 0 radical (unpaired) electrons. The molecule has 0 saturated carbocycles. The number of thiazole rings is 1. The molecule has 20 heavy (non-hydrogen) atoms. The van der Waals surface area contributed by atoms with Gasteiger partial charge in [0.05, 0.1) is 17.7 Å². The first-order valence-electron chi connectivity index (χ1n) is 6.05. The van der Waals surface area contributed by atoms with Gasteiger partial charge < -0.3 is 10.6 Å². The maximum Gasteiger partial charge on any atom is 0.253 e. The van der Waals surface area contributed by atoms with Crippen molar-refractivity contribution in [3.05, 3.63) is 51.5 Å². The van der Waals surface area contributed by atoms with Crippen molar-refractivity contribution < 1.29 is 4.79 Å². The molecule has 2 rings (SSSR count). The van der Waals surface area contributed by atoms with Crippen molar-refractivity contribution >= 4 is 29.7 Å². The molecule has 0 bridgehead atoms. The number of benzene rings is 1. The van der Waals surface area contributed by atoms with E-state index in [-0.39, 0.29) is 18.3 Å². The van der Waals surface area contributed by atoms with Crippen molar-refractivity contribution in [3.63, 3.8) is 0 Å². The van der Waals surface area contributed by atoms with Gasteiger partial charge in [0.1, 0.15) is 0 Å². The van der Waals surface area contributed by atoms with Gasteiger partial charge in [-0.1, -0.05) is 12.1 Å². The fourth-order valence-electron chi connectivity index (χ4n) is 1.77. The minimum Gasteiger partial charge on any atom is -0.336 e. The molecule has 0 atom stereocenters. The fraction of sp³-hybridized carbons (Fsp3) is 0.286. The Bertz CT molecular complexity index is 568.